The molecule has 0 atom stereocenters. The molecule has 1 aromatic carbocycles. The predicted molar refractivity (Wildman–Crippen MR) is 77.8 cm³/mol. The van der Waals surface area contributed by atoms with Crippen LogP contribution < -0.4 is 5.32 Å². The van der Waals surface area contributed by atoms with Crippen LogP contribution in [0.4, 0.5) is 4.39 Å². The summed E-state index contributed by atoms with van der Waals surface area (Å²) >= 11 is 0. The molecule has 0 spiro atoms. The highest BCUT2D eigenvalue weighted by Gasteiger charge is 2.15. The molecule has 1 aliphatic rings. The summed E-state index contributed by atoms with van der Waals surface area (Å²) in [6.07, 6.45) is 1.36. The van der Waals surface area contributed by atoms with Crippen LogP contribution in [0, 0.1) is 5.82 Å². The first-order valence-electron chi connectivity index (χ1n) is 7.18. The Morgan fingerprint density at radius 2 is 2.09 bits per heavy atom. The molecular weight excluding hydrogens is 285 g/mol. The summed E-state index contributed by atoms with van der Waals surface area (Å²) in [6, 6.07) is 7.96. The first-order chi connectivity index (χ1) is 10.7. The largest absolute Gasteiger partial charge is 0.376 e. The number of halogens is 1. The maximum absolute atomic E-state index is 12.8. The van der Waals surface area contributed by atoms with Crippen molar-refractivity contribution in [2.75, 3.05) is 13.2 Å². The fraction of sp³-hybridized carbons (Fsp3) is 0.312. The zero-order valence-corrected chi connectivity index (χ0v) is 12.0. The van der Waals surface area contributed by atoms with Gasteiger partial charge in [-0.1, -0.05) is 12.1 Å². The molecule has 0 aliphatic carbocycles. The molecule has 5 nitrogen and oxygen atoms in total. The fourth-order valence-corrected chi connectivity index (χ4v) is 2.32. The van der Waals surface area contributed by atoms with Gasteiger partial charge in [-0.15, -0.1) is 5.10 Å². The Morgan fingerprint density at radius 3 is 2.91 bits per heavy atom. The molecule has 3 rings (SSSR count). The molecule has 22 heavy (non-hydrogen) atoms. The molecule has 1 aliphatic heterocycles. The molecule has 2 heterocycles. The van der Waals surface area contributed by atoms with Gasteiger partial charge in [-0.05, 0) is 30.2 Å². The normalized spacial score (nSPS) is 13.5. The minimum absolute atomic E-state index is 0.261. The summed E-state index contributed by atoms with van der Waals surface area (Å²) in [5.41, 5.74) is 3.08. The van der Waals surface area contributed by atoms with Crippen molar-refractivity contribution in [3.63, 3.8) is 0 Å². The number of fused-ring (bicyclic) bond motifs is 1. The second kappa shape index (κ2) is 6.62. The van der Waals surface area contributed by atoms with Crippen LogP contribution in [0.5, 0.6) is 0 Å². The van der Waals surface area contributed by atoms with Gasteiger partial charge in [0.15, 0.2) is 5.69 Å². The standard InChI is InChI=1S/C16H16FN3O2/c17-13-3-1-11(2-4-13)5-7-18-16(21)15-9-12-10-22-8-6-14(12)19-20-15/h1-4,9H,5-8,10H2,(H,18,21). The molecule has 0 unspecified atom stereocenters. The van der Waals surface area contributed by atoms with Crippen LogP contribution in [-0.2, 0) is 24.2 Å². The first-order valence-corrected chi connectivity index (χ1v) is 7.18. The summed E-state index contributed by atoms with van der Waals surface area (Å²) in [6.45, 7) is 1.57. The lowest BCUT2D eigenvalue weighted by Crippen LogP contribution is -2.27. The van der Waals surface area contributed by atoms with Gasteiger partial charge in [-0.3, -0.25) is 4.79 Å². The minimum Gasteiger partial charge on any atom is -0.376 e. The quantitative estimate of drug-likeness (QED) is 0.933. The van der Waals surface area contributed by atoms with Crippen LogP contribution in [0.15, 0.2) is 30.3 Å². The molecule has 0 radical (unpaired) electrons. The van der Waals surface area contributed by atoms with Crippen LogP contribution in [0.1, 0.15) is 27.3 Å². The minimum atomic E-state index is -0.265. The number of hydrogen-bond donors (Lipinski definition) is 1. The van der Waals surface area contributed by atoms with Crippen molar-refractivity contribution in [1.82, 2.24) is 15.5 Å². The van der Waals surface area contributed by atoms with E-state index in [1.54, 1.807) is 18.2 Å². The number of nitrogens with zero attached hydrogens (tertiary/aromatic N) is 2. The van der Waals surface area contributed by atoms with Gasteiger partial charge in [0.25, 0.3) is 5.91 Å². The van der Waals surface area contributed by atoms with Crippen LogP contribution >= 0.6 is 0 Å². The van der Waals surface area contributed by atoms with Crippen LogP contribution in [0.2, 0.25) is 0 Å². The molecule has 1 N–H and O–H groups in total. The third-order valence-electron chi connectivity index (χ3n) is 3.55. The van der Waals surface area contributed by atoms with E-state index in [0.717, 1.165) is 23.2 Å². The molecule has 0 bridgehead atoms. The number of aromatic nitrogens is 2. The van der Waals surface area contributed by atoms with E-state index in [1.165, 1.54) is 12.1 Å². The lowest BCUT2D eigenvalue weighted by atomic mass is 10.1. The monoisotopic (exact) mass is 301 g/mol. The van der Waals surface area contributed by atoms with Crippen LogP contribution in [-0.4, -0.2) is 29.3 Å². The highest BCUT2D eigenvalue weighted by molar-refractivity contribution is 5.92. The summed E-state index contributed by atoms with van der Waals surface area (Å²) in [7, 11) is 0. The second-order valence-corrected chi connectivity index (χ2v) is 5.14. The van der Waals surface area contributed by atoms with E-state index in [-0.39, 0.29) is 11.7 Å². The lowest BCUT2D eigenvalue weighted by Gasteiger charge is -2.15. The maximum Gasteiger partial charge on any atom is 0.271 e. The average Bonchev–Trinajstić information content (AvgIpc) is 2.56. The van der Waals surface area contributed by atoms with Crippen molar-refractivity contribution >= 4 is 5.91 Å². The molecule has 0 saturated carbocycles. The fourth-order valence-electron chi connectivity index (χ4n) is 2.32. The Labute approximate surface area is 127 Å². The predicted octanol–water partition coefficient (Wildman–Crippen LogP) is 1.66. The lowest BCUT2D eigenvalue weighted by molar-refractivity contribution is 0.0943. The molecule has 1 aromatic heterocycles. The van der Waals surface area contributed by atoms with E-state index < -0.39 is 0 Å². The van der Waals surface area contributed by atoms with Crippen molar-refractivity contribution < 1.29 is 13.9 Å². The summed E-state index contributed by atoms with van der Waals surface area (Å²) < 4.78 is 18.2. The third kappa shape index (κ3) is 3.46. The van der Waals surface area contributed by atoms with Crippen LogP contribution in [0.25, 0.3) is 0 Å². The van der Waals surface area contributed by atoms with E-state index in [0.29, 0.717) is 31.9 Å². The van der Waals surface area contributed by atoms with E-state index in [9.17, 15) is 9.18 Å². The number of carbonyl (C=O) groups is 1. The van der Waals surface area contributed by atoms with Gasteiger partial charge in [-0.2, -0.15) is 5.10 Å². The topological polar surface area (TPSA) is 64.1 Å². The zero-order valence-electron chi connectivity index (χ0n) is 12.0. The van der Waals surface area contributed by atoms with Gasteiger partial charge < -0.3 is 10.1 Å². The number of rotatable bonds is 4. The Morgan fingerprint density at radius 1 is 1.27 bits per heavy atom. The van der Waals surface area contributed by atoms with E-state index >= 15 is 0 Å². The number of hydrogen-bond acceptors (Lipinski definition) is 4. The Bertz CT molecular complexity index is 674. The van der Waals surface area contributed by atoms with Crippen molar-refractivity contribution in [1.29, 1.82) is 0 Å². The molecule has 0 fully saturated rings. The SMILES string of the molecule is O=C(NCCc1ccc(F)cc1)c1cc2c(nn1)CCOC2. The highest BCUT2D eigenvalue weighted by Crippen LogP contribution is 2.14. The number of benzene rings is 1. The van der Waals surface area contributed by atoms with Crippen molar-refractivity contribution in [3.8, 4) is 0 Å². The van der Waals surface area contributed by atoms with Crippen molar-refractivity contribution in [2.24, 2.45) is 0 Å². The van der Waals surface area contributed by atoms with Crippen LogP contribution in [0.3, 0.4) is 0 Å². The van der Waals surface area contributed by atoms with Gasteiger partial charge in [0.05, 0.1) is 18.9 Å². The van der Waals surface area contributed by atoms with E-state index in [2.05, 4.69) is 15.5 Å². The average molecular weight is 301 g/mol. The summed E-state index contributed by atoms with van der Waals surface area (Å²) in [5, 5.41) is 10.8. The Kier molecular flexibility index (Phi) is 4.39. The number of amides is 1. The Balaban J connectivity index is 1.56. The molecule has 0 saturated heterocycles. The summed E-state index contributed by atoms with van der Waals surface area (Å²) in [5.74, 6) is -0.526. The summed E-state index contributed by atoms with van der Waals surface area (Å²) in [4.78, 5) is 12.1. The highest BCUT2D eigenvalue weighted by atomic mass is 19.1. The number of ether oxygens (including phenoxy) is 1. The molecular formula is C16H16FN3O2. The van der Waals surface area contributed by atoms with Gasteiger partial charge in [0.1, 0.15) is 5.82 Å². The van der Waals surface area contributed by atoms with Gasteiger partial charge in [0, 0.05) is 18.5 Å². The number of carbonyl (C=O) groups excluding carboxylic acids is 1. The third-order valence-corrected chi connectivity index (χ3v) is 3.55. The maximum atomic E-state index is 12.8. The number of nitrogens with one attached hydrogen (secondary N) is 1. The molecule has 6 heteroatoms. The molecule has 2 aromatic rings. The molecule has 114 valence electrons. The van der Waals surface area contributed by atoms with Gasteiger partial charge in [0.2, 0.25) is 0 Å². The van der Waals surface area contributed by atoms with E-state index in [1.807, 2.05) is 0 Å². The first kappa shape index (κ1) is 14.6. The van der Waals surface area contributed by atoms with Gasteiger partial charge >= 0.3 is 0 Å². The van der Waals surface area contributed by atoms with Crippen molar-refractivity contribution in [2.45, 2.75) is 19.4 Å². The van der Waals surface area contributed by atoms with Gasteiger partial charge in [-0.25, -0.2) is 4.39 Å². The smallest absolute Gasteiger partial charge is 0.271 e. The second-order valence-electron chi connectivity index (χ2n) is 5.14. The van der Waals surface area contributed by atoms with E-state index in [4.69, 9.17) is 4.74 Å². The zero-order chi connectivity index (χ0) is 15.4. The van der Waals surface area contributed by atoms with Crippen molar-refractivity contribution in [3.05, 3.63) is 58.7 Å². The molecule has 1 amide bonds. The Hall–Kier alpha value is -2.34.